The summed E-state index contributed by atoms with van der Waals surface area (Å²) in [7, 11) is 0. The van der Waals surface area contributed by atoms with Crippen LogP contribution in [0.3, 0.4) is 0 Å². The highest BCUT2D eigenvalue weighted by atomic mass is 32.1. The fourth-order valence-corrected chi connectivity index (χ4v) is 12.2. The number of fused-ring (bicyclic) bond motifs is 13. The van der Waals surface area contributed by atoms with Gasteiger partial charge in [-0.3, -0.25) is 0 Å². The van der Waals surface area contributed by atoms with E-state index in [-0.39, 0.29) is 0 Å². The summed E-state index contributed by atoms with van der Waals surface area (Å²) in [6.45, 7) is 0. The minimum absolute atomic E-state index is 0.532. The van der Waals surface area contributed by atoms with Gasteiger partial charge in [-0.05, 0) is 54.6 Å². The summed E-state index contributed by atoms with van der Waals surface area (Å²) in [5.41, 5.74) is 12.7. The monoisotopic (exact) mass is 949 g/mol. The molecule has 10 aromatic carbocycles. The van der Waals surface area contributed by atoms with Crippen LogP contribution in [0.25, 0.3) is 143 Å². The van der Waals surface area contributed by atoms with Crippen molar-refractivity contribution in [1.82, 2.24) is 34.1 Å². The van der Waals surface area contributed by atoms with Crippen LogP contribution in [0.1, 0.15) is 0 Å². The third-order valence-electron chi connectivity index (χ3n) is 14.1. The standard InChI is InChI=1S/C65H39N7S/c1-5-21-40(22-6-1)58-45-29-13-17-33-50(45)66-64(67-58)43-37-38-53(49(39-43)65-69-62(41-23-7-2-8-24-41)68-63(70-65)42-25-9-3-10-26-42)72-52-35-19-14-30-46(52)55-56-48-32-16-20-36-54(48)73-61(56)60-57(59(55)72)47-31-15-18-34-51(47)71(60)44-27-11-4-12-28-44/h1-39H. The van der Waals surface area contributed by atoms with Gasteiger partial charge in [0.25, 0.3) is 0 Å². The summed E-state index contributed by atoms with van der Waals surface area (Å²) >= 11 is 1.87. The molecule has 0 N–H and O–H groups in total. The minimum Gasteiger partial charge on any atom is -0.308 e. The Balaban J connectivity index is 1.12. The summed E-state index contributed by atoms with van der Waals surface area (Å²) in [5, 5.41) is 8.18. The maximum Gasteiger partial charge on any atom is 0.166 e. The van der Waals surface area contributed by atoms with Gasteiger partial charge in [0.1, 0.15) is 0 Å². The second-order valence-electron chi connectivity index (χ2n) is 18.3. The molecular weight excluding hydrogens is 911 g/mol. The number of hydrogen-bond donors (Lipinski definition) is 0. The summed E-state index contributed by atoms with van der Waals surface area (Å²) in [6.07, 6.45) is 0. The van der Waals surface area contributed by atoms with Gasteiger partial charge in [0, 0.05) is 75.9 Å². The van der Waals surface area contributed by atoms with Gasteiger partial charge < -0.3 is 9.13 Å². The van der Waals surface area contributed by atoms with E-state index in [2.05, 4.69) is 191 Å². The molecule has 0 spiro atoms. The zero-order chi connectivity index (χ0) is 48.0. The minimum atomic E-state index is 0.532. The summed E-state index contributed by atoms with van der Waals surface area (Å²) in [4.78, 5) is 26.7. The number of para-hydroxylation sites is 4. The lowest BCUT2D eigenvalue weighted by Gasteiger charge is -2.17. The van der Waals surface area contributed by atoms with Crippen LogP contribution in [0.4, 0.5) is 0 Å². The van der Waals surface area contributed by atoms with Gasteiger partial charge in [0.15, 0.2) is 23.3 Å². The van der Waals surface area contributed by atoms with Crippen molar-refractivity contribution in [3.8, 4) is 68.2 Å². The van der Waals surface area contributed by atoms with Crippen LogP contribution in [-0.4, -0.2) is 34.1 Å². The predicted molar refractivity (Wildman–Crippen MR) is 302 cm³/mol. The Morgan fingerprint density at radius 3 is 1.53 bits per heavy atom. The number of thiophene rings is 1. The van der Waals surface area contributed by atoms with Gasteiger partial charge in [-0.25, -0.2) is 24.9 Å². The SMILES string of the molecule is c1ccc(-c2nc(-c3ccccc3)nc(-c3cc(-c4nc(-c5ccccc5)c5ccccc5n4)ccc3-n3c4ccccc4c4c5c6ccccc6sc5c5c(c6ccccc6n5-c5ccccc5)c43)n2)cc1. The lowest BCUT2D eigenvalue weighted by atomic mass is 10.0. The van der Waals surface area contributed by atoms with Crippen LogP contribution in [0.5, 0.6) is 0 Å². The van der Waals surface area contributed by atoms with Crippen LogP contribution in [0, 0.1) is 0 Å². The largest absolute Gasteiger partial charge is 0.308 e. The van der Waals surface area contributed by atoms with Crippen LogP contribution in [-0.2, 0) is 0 Å². The predicted octanol–water partition coefficient (Wildman–Crippen LogP) is 16.7. The fraction of sp³-hybridized carbons (Fsp3) is 0. The first-order chi connectivity index (χ1) is 36.2. The Bertz CT molecular complexity index is 4600. The summed E-state index contributed by atoms with van der Waals surface area (Å²) < 4.78 is 7.45. The van der Waals surface area contributed by atoms with E-state index in [1.165, 1.54) is 41.8 Å². The van der Waals surface area contributed by atoms with Crippen LogP contribution >= 0.6 is 11.3 Å². The van der Waals surface area contributed by atoms with Gasteiger partial charge in [-0.2, -0.15) is 0 Å². The van der Waals surface area contributed by atoms with E-state index >= 15 is 0 Å². The fourth-order valence-electron chi connectivity index (χ4n) is 11.0. The molecule has 0 radical (unpaired) electrons. The molecule has 0 saturated carbocycles. The third kappa shape index (κ3) is 6.47. The van der Waals surface area contributed by atoms with Crippen LogP contribution in [0.2, 0.25) is 0 Å². The molecule has 73 heavy (non-hydrogen) atoms. The average molecular weight is 950 g/mol. The molecule has 7 nitrogen and oxygen atoms in total. The lowest BCUT2D eigenvalue weighted by molar-refractivity contribution is 1.06. The Morgan fingerprint density at radius 2 is 0.849 bits per heavy atom. The molecule has 340 valence electrons. The number of nitrogens with zero attached hydrogens (tertiary/aromatic N) is 7. The highest BCUT2D eigenvalue weighted by molar-refractivity contribution is 7.27. The van der Waals surface area contributed by atoms with Crippen molar-refractivity contribution in [2.45, 2.75) is 0 Å². The number of aromatic nitrogens is 7. The van der Waals surface area contributed by atoms with E-state index < -0.39 is 0 Å². The second kappa shape index (κ2) is 16.5. The second-order valence-corrected chi connectivity index (χ2v) is 19.4. The van der Waals surface area contributed by atoms with Crippen molar-refractivity contribution in [1.29, 1.82) is 0 Å². The Kier molecular flexibility index (Phi) is 9.30. The zero-order valence-corrected chi connectivity index (χ0v) is 39.9. The maximum absolute atomic E-state index is 5.44. The van der Waals surface area contributed by atoms with Gasteiger partial charge in [0.2, 0.25) is 0 Å². The number of benzene rings is 10. The average Bonchev–Trinajstić information content (AvgIpc) is 4.14. The van der Waals surface area contributed by atoms with Crippen molar-refractivity contribution in [3.63, 3.8) is 0 Å². The number of rotatable bonds is 7. The Morgan fingerprint density at radius 1 is 0.329 bits per heavy atom. The third-order valence-corrected chi connectivity index (χ3v) is 15.3. The van der Waals surface area contributed by atoms with Gasteiger partial charge >= 0.3 is 0 Å². The molecule has 5 aromatic heterocycles. The molecule has 0 unspecified atom stereocenters. The molecule has 0 saturated heterocycles. The molecule has 15 rings (SSSR count). The van der Waals surface area contributed by atoms with Crippen molar-refractivity contribution < 1.29 is 0 Å². The van der Waals surface area contributed by atoms with E-state index in [1.807, 2.05) is 65.9 Å². The molecule has 0 bridgehead atoms. The number of hydrogen-bond acceptors (Lipinski definition) is 6. The highest BCUT2D eigenvalue weighted by Crippen LogP contribution is 2.52. The molecule has 15 aromatic rings. The molecule has 0 atom stereocenters. The summed E-state index contributed by atoms with van der Waals surface area (Å²) in [5.74, 6) is 2.30. The molecule has 0 aliphatic carbocycles. The highest BCUT2D eigenvalue weighted by Gasteiger charge is 2.28. The van der Waals surface area contributed by atoms with Crippen LogP contribution in [0.15, 0.2) is 237 Å². The molecule has 0 fully saturated rings. The summed E-state index contributed by atoms with van der Waals surface area (Å²) in [6, 6.07) is 82.9. The quantitative estimate of drug-likeness (QED) is 0.159. The van der Waals surface area contributed by atoms with Gasteiger partial charge in [0.05, 0.1) is 43.7 Å². The smallest absolute Gasteiger partial charge is 0.166 e. The van der Waals surface area contributed by atoms with E-state index in [0.717, 1.165) is 77.7 Å². The Hall–Kier alpha value is -9.63. The first-order valence-electron chi connectivity index (χ1n) is 24.4. The normalized spacial score (nSPS) is 11.8. The van der Waals surface area contributed by atoms with Gasteiger partial charge in [-0.15, -0.1) is 11.3 Å². The van der Waals surface area contributed by atoms with E-state index in [0.29, 0.717) is 23.3 Å². The van der Waals surface area contributed by atoms with E-state index in [4.69, 9.17) is 24.9 Å². The van der Waals surface area contributed by atoms with Crippen LogP contribution < -0.4 is 0 Å². The molecule has 0 aliphatic heterocycles. The molecular formula is C65H39N7S. The van der Waals surface area contributed by atoms with Crippen molar-refractivity contribution in [2.75, 3.05) is 0 Å². The topological polar surface area (TPSA) is 74.3 Å². The molecule has 5 heterocycles. The Labute approximate surface area is 422 Å². The molecule has 0 aliphatic rings. The molecule has 0 amide bonds. The van der Waals surface area contributed by atoms with Gasteiger partial charge in [-0.1, -0.05) is 182 Å². The van der Waals surface area contributed by atoms with Crippen molar-refractivity contribution in [3.05, 3.63) is 237 Å². The molecule has 8 heteroatoms. The first-order valence-corrected chi connectivity index (χ1v) is 25.2. The van der Waals surface area contributed by atoms with Crippen molar-refractivity contribution >= 4 is 86.0 Å². The first kappa shape index (κ1) is 41.2. The lowest BCUT2D eigenvalue weighted by Crippen LogP contribution is -2.05. The maximum atomic E-state index is 5.44. The zero-order valence-electron chi connectivity index (χ0n) is 39.1. The van der Waals surface area contributed by atoms with Crippen molar-refractivity contribution in [2.24, 2.45) is 0 Å². The van der Waals surface area contributed by atoms with E-state index in [1.54, 1.807) is 0 Å². The van der Waals surface area contributed by atoms with E-state index in [9.17, 15) is 0 Å².